The van der Waals surface area contributed by atoms with E-state index >= 15 is 0 Å². The van der Waals surface area contributed by atoms with Crippen molar-refractivity contribution in [2.45, 2.75) is 25.4 Å². The molecule has 8 nitrogen and oxygen atoms in total. The molecule has 1 saturated heterocycles. The fourth-order valence-corrected chi connectivity index (χ4v) is 4.07. The molecule has 0 spiro atoms. The molecule has 0 bridgehead atoms. The Labute approximate surface area is 192 Å². The van der Waals surface area contributed by atoms with Crippen LogP contribution in [-0.2, 0) is 13.5 Å². The van der Waals surface area contributed by atoms with E-state index in [1.807, 2.05) is 55.7 Å². The number of fused-ring (bicyclic) bond motifs is 1. The van der Waals surface area contributed by atoms with Gasteiger partial charge in [0.05, 0.1) is 29.5 Å². The van der Waals surface area contributed by atoms with Crippen LogP contribution < -0.4 is 4.74 Å². The number of aromatic nitrogens is 5. The Bertz CT molecular complexity index is 1290. The number of piperidine rings is 1. The third-order valence-electron chi connectivity index (χ3n) is 5.96. The first-order valence-electron chi connectivity index (χ1n) is 11.1. The van der Waals surface area contributed by atoms with Crippen LogP contribution in [0.15, 0.2) is 54.9 Å². The van der Waals surface area contributed by atoms with Crippen LogP contribution in [-0.4, -0.2) is 61.9 Å². The topological polar surface area (TPSA) is 86.0 Å². The van der Waals surface area contributed by atoms with Crippen LogP contribution in [0.3, 0.4) is 0 Å². The first-order valence-corrected chi connectivity index (χ1v) is 11.1. The van der Waals surface area contributed by atoms with Crippen molar-refractivity contribution in [1.29, 1.82) is 0 Å². The molecule has 4 aromatic rings. The molecule has 0 saturated carbocycles. The minimum absolute atomic E-state index is 0.000702. The molecule has 1 aliphatic heterocycles. The summed E-state index contributed by atoms with van der Waals surface area (Å²) in [4.78, 5) is 24.5. The number of carbonyl (C=O) groups is 1. The van der Waals surface area contributed by atoms with Crippen LogP contribution in [0.2, 0.25) is 0 Å². The van der Waals surface area contributed by atoms with Crippen molar-refractivity contribution in [1.82, 2.24) is 29.9 Å². The standard InChI is InChI=1S/C25H26N6O2/c1-30-10-8-20(9-11-30)33-21-5-3-4-17(12-21)25(32)14-19-13-23-18(15-26-19)6-7-22(27-23)24-16-31(2)29-28-24/h3-7,12-13,15-16,20H,8-11,14H2,1-2H3. The molecule has 0 atom stereocenters. The van der Waals surface area contributed by atoms with E-state index in [-0.39, 0.29) is 18.3 Å². The molecule has 0 N–H and O–H groups in total. The zero-order valence-electron chi connectivity index (χ0n) is 18.8. The summed E-state index contributed by atoms with van der Waals surface area (Å²) >= 11 is 0. The summed E-state index contributed by atoms with van der Waals surface area (Å²) in [6.45, 7) is 2.06. The van der Waals surface area contributed by atoms with Crippen molar-refractivity contribution in [3.05, 3.63) is 66.1 Å². The van der Waals surface area contributed by atoms with Gasteiger partial charge < -0.3 is 9.64 Å². The molecule has 5 rings (SSSR count). The van der Waals surface area contributed by atoms with Crippen LogP contribution in [0.4, 0.5) is 0 Å². The molecule has 1 fully saturated rings. The molecule has 8 heteroatoms. The van der Waals surface area contributed by atoms with E-state index in [0.717, 1.165) is 48.3 Å². The SMILES string of the molecule is CN1CCC(Oc2cccc(C(=O)Cc3cc4nc(-c5cn(C)nn5)ccc4cn3)c2)CC1. The lowest BCUT2D eigenvalue weighted by Crippen LogP contribution is -2.35. The molecule has 0 amide bonds. The van der Waals surface area contributed by atoms with Gasteiger partial charge in [0.1, 0.15) is 17.5 Å². The third-order valence-corrected chi connectivity index (χ3v) is 5.96. The summed E-state index contributed by atoms with van der Waals surface area (Å²) in [6.07, 6.45) is 5.97. The predicted molar refractivity (Wildman–Crippen MR) is 125 cm³/mol. The number of hydrogen-bond acceptors (Lipinski definition) is 7. The fraction of sp³-hybridized carbons (Fsp3) is 0.320. The number of likely N-dealkylation sites (tertiary alicyclic amines) is 1. The summed E-state index contributed by atoms with van der Waals surface area (Å²) in [6, 6.07) is 13.2. The van der Waals surface area contributed by atoms with E-state index < -0.39 is 0 Å². The van der Waals surface area contributed by atoms with Crippen LogP contribution in [0.5, 0.6) is 5.75 Å². The summed E-state index contributed by atoms with van der Waals surface area (Å²) in [7, 11) is 3.95. The van der Waals surface area contributed by atoms with Crippen molar-refractivity contribution < 1.29 is 9.53 Å². The quantitative estimate of drug-likeness (QED) is 0.423. The van der Waals surface area contributed by atoms with E-state index in [0.29, 0.717) is 17.0 Å². The molecule has 3 aromatic heterocycles. The second kappa shape index (κ2) is 9.07. The molecule has 168 valence electrons. The highest BCUT2D eigenvalue weighted by Gasteiger charge is 2.18. The van der Waals surface area contributed by atoms with Gasteiger partial charge in [0, 0.05) is 37.3 Å². The van der Waals surface area contributed by atoms with Gasteiger partial charge in [0.15, 0.2) is 5.78 Å². The number of ether oxygens (including phenoxy) is 1. The smallest absolute Gasteiger partial charge is 0.168 e. The largest absolute Gasteiger partial charge is 0.490 e. The van der Waals surface area contributed by atoms with Crippen LogP contribution in [0, 0.1) is 0 Å². The summed E-state index contributed by atoms with van der Waals surface area (Å²) in [5.41, 5.74) is 3.52. The Kier molecular flexibility index (Phi) is 5.83. The molecule has 0 radical (unpaired) electrons. The van der Waals surface area contributed by atoms with Gasteiger partial charge in [-0.15, -0.1) is 5.10 Å². The average molecular weight is 443 g/mol. The minimum Gasteiger partial charge on any atom is -0.490 e. The molecule has 1 aromatic carbocycles. The Morgan fingerprint density at radius 3 is 2.73 bits per heavy atom. The van der Waals surface area contributed by atoms with Crippen molar-refractivity contribution in [2.24, 2.45) is 7.05 Å². The zero-order chi connectivity index (χ0) is 22.8. The van der Waals surface area contributed by atoms with E-state index in [9.17, 15) is 4.79 Å². The van der Waals surface area contributed by atoms with Gasteiger partial charge in [0.25, 0.3) is 0 Å². The van der Waals surface area contributed by atoms with Gasteiger partial charge >= 0.3 is 0 Å². The number of aryl methyl sites for hydroxylation is 1. The number of pyridine rings is 2. The molecule has 0 unspecified atom stereocenters. The van der Waals surface area contributed by atoms with Gasteiger partial charge in [-0.05, 0) is 50.2 Å². The lowest BCUT2D eigenvalue weighted by molar-refractivity contribution is 0.0988. The Morgan fingerprint density at radius 1 is 1.09 bits per heavy atom. The Hall–Kier alpha value is -3.65. The number of rotatable bonds is 6. The van der Waals surface area contributed by atoms with Crippen LogP contribution in [0.25, 0.3) is 22.3 Å². The molecule has 0 aliphatic carbocycles. The van der Waals surface area contributed by atoms with E-state index in [1.165, 1.54) is 0 Å². The van der Waals surface area contributed by atoms with Gasteiger partial charge in [-0.1, -0.05) is 17.3 Å². The summed E-state index contributed by atoms with van der Waals surface area (Å²) in [5.74, 6) is 0.748. The summed E-state index contributed by atoms with van der Waals surface area (Å²) in [5, 5.41) is 9.00. The zero-order valence-corrected chi connectivity index (χ0v) is 18.8. The van der Waals surface area contributed by atoms with Crippen molar-refractivity contribution >= 4 is 16.7 Å². The monoisotopic (exact) mass is 442 g/mol. The molecule has 33 heavy (non-hydrogen) atoms. The maximum atomic E-state index is 13.0. The summed E-state index contributed by atoms with van der Waals surface area (Å²) < 4.78 is 7.78. The number of ketones is 1. The lowest BCUT2D eigenvalue weighted by Gasteiger charge is -2.29. The normalized spacial score (nSPS) is 15.1. The molecule has 1 aliphatic rings. The highest BCUT2D eigenvalue weighted by molar-refractivity contribution is 5.98. The fourth-order valence-electron chi connectivity index (χ4n) is 4.07. The number of carbonyl (C=O) groups excluding carboxylic acids is 1. The predicted octanol–water partition coefficient (Wildman–Crippen LogP) is 3.32. The Balaban J connectivity index is 1.31. The number of hydrogen-bond donors (Lipinski definition) is 0. The maximum Gasteiger partial charge on any atom is 0.168 e. The number of Topliss-reactive ketones (excluding diaryl/α,β-unsaturated/α-hetero) is 1. The van der Waals surface area contributed by atoms with E-state index in [1.54, 1.807) is 10.9 Å². The second-order valence-electron chi connectivity index (χ2n) is 8.59. The number of benzene rings is 1. The second-order valence-corrected chi connectivity index (χ2v) is 8.59. The first kappa shape index (κ1) is 21.2. The van der Waals surface area contributed by atoms with E-state index in [4.69, 9.17) is 9.72 Å². The lowest BCUT2D eigenvalue weighted by atomic mass is 10.0. The van der Waals surface area contributed by atoms with Crippen molar-refractivity contribution in [3.8, 4) is 17.1 Å². The van der Waals surface area contributed by atoms with E-state index in [2.05, 4.69) is 27.2 Å². The van der Waals surface area contributed by atoms with Gasteiger partial charge in [-0.2, -0.15) is 0 Å². The van der Waals surface area contributed by atoms with Crippen LogP contribution >= 0.6 is 0 Å². The minimum atomic E-state index is 0.000702. The van der Waals surface area contributed by atoms with Crippen LogP contribution in [0.1, 0.15) is 28.9 Å². The van der Waals surface area contributed by atoms with Gasteiger partial charge in [-0.25, -0.2) is 4.98 Å². The Morgan fingerprint density at radius 2 is 1.94 bits per heavy atom. The van der Waals surface area contributed by atoms with Gasteiger partial charge in [-0.3, -0.25) is 14.5 Å². The van der Waals surface area contributed by atoms with Crippen molar-refractivity contribution in [2.75, 3.05) is 20.1 Å². The highest BCUT2D eigenvalue weighted by Crippen LogP contribution is 2.22. The van der Waals surface area contributed by atoms with Crippen molar-refractivity contribution in [3.63, 3.8) is 0 Å². The maximum absolute atomic E-state index is 13.0. The molecule has 4 heterocycles. The number of nitrogens with zero attached hydrogens (tertiary/aromatic N) is 6. The first-order chi connectivity index (χ1) is 16.0. The average Bonchev–Trinajstić information content (AvgIpc) is 3.26. The van der Waals surface area contributed by atoms with Gasteiger partial charge in [0.2, 0.25) is 0 Å². The molecular formula is C25H26N6O2. The highest BCUT2D eigenvalue weighted by atomic mass is 16.5. The molecular weight excluding hydrogens is 416 g/mol. The third kappa shape index (κ3) is 4.90.